The molecule has 78 valence electrons. The number of hydrogen-bond acceptors (Lipinski definition) is 3. The molecule has 0 bridgehead atoms. The summed E-state index contributed by atoms with van der Waals surface area (Å²) in [5.41, 5.74) is 7.63. The fourth-order valence-corrected chi connectivity index (χ4v) is 1.58. The Balaban J connectivity index is 2.25. The first kappa shape index (κ1) is 9.71. The highest BCUT2D eigenvalue weighted by molar-refractivity contribution is 5.40. The van der Waals surface area contributed by atoms with E-state index in [2.05, 4.69) is 10.1 Å². The topological polar surface area (TPSA) is 56.7 Å². The summed E-state index contributed by atoms with van der Waals surface area (Å²) in [5.74, 6) is 1.73. The predicted molar refractivity (Wildman–Crippen MR) is 59.5 cm³/mol. The third-order valence-electron chi connectivity index (χ3n) is 2.25. The second-order valence-corrected chi connectivity index (χ2v) is 3.61. The van der Waals surface area contributed by atoms with Gasteiger partial charge in [-0.2, -0.15) is 5.10 Å². The third-order valence-corrected chi connectivity index (χ3v) is 2.25. The minimum absolute atomic E-state index is 0.720. The molecule has 15 heavy (non-hydrogen) atoms. The van der Waals surface area contributed by atoms with Crippen LogP contribution < -0.4 is 5.73 Å². The van der Waals surface area contributed by atoms with E-state index in [0.29, 0.717) is 0 Å². The van der Waals surface area contributed by atoms with Gasteiger partial charge >= 0.3 is 0 Å². The third kappa shape index (κ3) is 2.15. The standard InChI is InChI=1S/C11H14N4/c1-8-13-9(2)15(14-8)7-10-4-3-5-11(12)6-10/h3-6H,7,12H2,1-2H3. The van der Waals surface area contributed by atoms with Crippen molar-refractivity contribution in [1.82, 2.24) is 14.8 Å². The smallest absolute Gasteiger partial charge is 0.147 e. The number of nitrogen functional groups attached to an aromatic ring is 1. The molecule has 1 aromatic carbocycles. The SMILES string of the molecule is Cc1nc(C)n(Cc2cccc(N)c2)n1. The number of aromatic nitrogens is 3. The van der Waals surface area contributed by atoms with E-state index in [0.717, 1.165) is 29.4 Å². The van der Waals surface area contributed by atoms with Crippen molar-refractivity contribution < 1.29 is 0 Å². The number of benzene rings is 1. The maximum Gasteiger partial charge on any atom is 0.147 e. The van der Waals surface area contributed by atoms with Crippen LogP contribution in [0.1, 0.15) is 17.2 Å². The van der Waals surface area contributed by atoms with Crippen LogP contribution in [-0.2, 0) is 6.54 Å². The molecule has 2 N–H and O–H groups in total. The second-order valence-electron chi connectivity index (χ2n) is 3.61. The summed E-state index contributed by atoms with van der Waals surface area (Å²) in [5, 5.41) is 4.30. The molecule has 4 heteroatoms. The molecule has 0 aliphatic rings. The first-order valence-electron chi connectivity index (χ1n) is 4.87. The van der Waals surface area contributed by atoms with Crippen LogP contribution in [0.5, 0.6) is 0 Å². The number of nitrogens with zero attached hydrogens (tertiary/aromatic N) is 3. The Hall–Kier alpha value is -1.84. The number of nitrogens with two attached hydrogens (primary N) is 1. The molecule has 0 radical (unpaired) electrons. The van der Waals surface area contributed by atoms with Gasteiger partial charge in [-0.05, 0) is 31.5 Å². The zero-order chi connectivity index (χ0) is 10.8. The normalized spacial score (nSPS) is 10.5. The fraction of sp³-hybridized carbons (Fsp3) is 0.273. The van der Waals surface area contributed by atoms with E-state index in [1.165, 1.54) is 0 Å². The summed E-state index contributed by atoms with van der Waals surface area (Å²) < 4.78 is 1.88. The van der Waals surface area contributed by atoms with Crippen LogP contribution in [0.3, 0.4) is 0 Å². The van der Waals surface area contributed by atoms with Gasteiger partial charge in [0.1, 0.15) is 11.6 Å². The molecule has 0 aliphatic carbocycles. The van der Waals surface area contributed by atoms with Crippen molar-refractivity contribution in [2.24, 2.45) is 0 Å². The average molecular weight is 202 g/mol. The van der Waals surface area contributed by atoms with Gasteiger partial charge in [0.05, 0.1) is 6.54 Å². The van der Waals surface area contributed by atoms with Gasteiger partial charge in [-0.25, -0.2) is 9.67 Å². The molecule has 2 aromatic rings. The highest BCUT2D eigenvalue weighted by Crippen LogP contribution is 2.09. The van der Waals surface area contributed by atoms with Gasteiger partial charge < -0.3 is 5.73 Å². The van der Waals surface area contributed by atoms with Gasteiger partial charge in [-0.15, -0.1) is 0 Å². The fourth-order valence-electron chi connectivity index (χ4n) is 1.58. The molecule has 1 heterocycles. The van der Waals surface area contributed by atoms with Gasteiger partial charge in [0.2, 0.25) is 0 Å². The molecular weight excluding hydrogens is 188 g/mol. The molecule has 4 nitrogen and oxygen atoms in total. The molecule has 0 saturated carbocycles. The Bertz CT molecular complexity index is 473. The minimum Gasteiger partial charge on any atom is -0.399 e. The predicted octanol–water partition coefficient (Wildman–Crippen LogP) is 1.53. The van der Waals surface area contributed by atoms with Crippen LogP contribution in [0.4, 0.5) is 5.69 Å². The van der Waals surface area contributed by atoms with Crippen molar-refractivity contribution in [2.75, 3.05) is 5.73 Å². The van der Waals surface area contributed by atoms with Crippen LogP contribution in [0.15, 0.2) is 24.3 Å². The lowest BCUT2D eigenvalue weighted by molar-refractivity contribution is 0.656. The lowest BCUT2D eigenvalue weighted by Gasteiger charge is -2.03. The zero-order valence-corrected chi connectivity index (χ0v) is 8.94. The van der Waals surface area contributed by atoms with Crippen molar-refractivity contribution in [2.45, 2.75) is 20.4 Å². The molecule has 0 unspecified atom stereocenters. The molecule has 0 spiro atoms. The van der Waals surface area contributed by atoms with Crippen molar-refractivity contribution >= 4 is 5.69 Å². The van der Waals surface area contributed by atoms with Gasteiger partial charge in [-0.3, -0.25) is 0 Å². The van der Waals surface area contributed by atoms with Crippen LogP contribution in [0.2, 0.25) is 0 Å². The molecular formula is C11H14N4. The molecule has 0 atom stereocenters. The molecule has 2 rings (SSSR count). The van der Waals surface area contributed by atoms with E-state index in [1.54, 1.807) is 0 Å². The van der Waals surface area contributed by atoms with Crippen molar-refractivity contribution in [3.8, 4) is 0 Å². The molecule has 0 saturated heterocycles. The monoisotopic (exact) mass is 202 g/mol. The van der Waals surface area contributed by atoms with Crippen LogP contribution >= 0.6 is 0 Å². The highest BCUT2D eigenvalue weighted by atomic mass is 15.3. The molecule has 0 amide bonds. The van der Waals surface area contributed by atoms with Gasteiger partial charge in [0.25, 0.3) is 0 Å². The summed E-state index contributed by atoms with van der Waals surface area (Å²) in [6.45, 7) is 4.56. The van der Waals surface area contributed by atoms with Crippen molar-refractivity contribution in [3.63, 3.8) is 0 Å². The molecule has 0 fully saturated rings. The van der Waals surface area contributed by atoms with Crippen LogP contribution in [0, 0.1) is 13.8 Å². The van der Waals surface area contributed by atoms with Gasteiger partial charge in [0.15, 0.2) is 0 Å². The molecule has 1 aromatic heterocycles. The van der Waals surface area contributed by atoms with Crippen LogP contribution in [0.25, 0.3) is 0 Å². The summed E-state index contributed by atoms with van der Waals surface area (Å²) in [4.78, 5) is 4.25. The van der Waals surface area contributed by atoms with Gasteiger partial charge in [0, 0.05) is 5.69 Å². The number of hydrogen-bond donors (Lipinski definition) is 1. The Morgan fingerprint density at radius 2 is 2.13 bits per heavy atom. The first-order chi connectivity index (χ1) is 7.15. The number of aryl methyl sites for hydroxylation is 2. The minimum atomic E-state index is 0.720. The lowest BCUT2D eigenvalue weighted by Crippen LogP contribution is -2.04. The van der Waals surface area contributed by atoms with E-state index in [9.17, 15) is 0 Å². The van der Waals surface area contributed by atoms with Crippen LogP contribution in [-0.4, -0.2) is 14.8 Å². The molecule has 0 aliphatic heterocycles. The first-order valence-corrected chi connectivity index (χ1v) is 4.87. The Morgan fingerprint density at radius 1 is 1.33 bits per heavy atom. The highest BCUT2D eigenvalue weighted by Gasteiger charge is 2.02. The average Bonchev–Trinajstić information content (AvgIpc) is 2.45. The van der Waals surface area contributed by atoms with E-state index in [1.807, 2.05) is 42.8 Å². The van der Waals surface area contributed by atoms with E-state index in [-0.39, 0.29) is 0 Å². The van der Waals surface area contributed by atoms with Crippen molar-refractivity contribution in [1.29, 1.82) is 0 Å². The zero-order valence-electron chi connectivity index (χ0n) is 8.94. The van der Waals surface area contributed by atoms with Gasteiger partial charge in [-0.1, -0.05) is 12.1 Å². The van der Waals surface area contributed by atoms with E-state index >= 15 is 0 Å². The largest absolute Gasteiger partial charge is 0.399 e. The quantitative estimate of drug-likeness (QED) is 0.751. The Labute approximate surface area is 88.8 Å². The number of anilines is 1. The van der Waals surface area contributed by atoms with E-state index in [4.69, 9.17) is 5.73 Å². The summed E-state index contributed by atoms with van der Waals surface area (Å²) in [7, 11) is 0. The maximum absolute atomic E-state index is 5.71. The number of rotatable bonds is 2. The lowest BCUT2D eigenvalue weighted by atomic mass is 10.2. The van der Waals surface area contributed by atoms with Crippen molar-refractivity contribution in [3.05, 3.63) is 41.5 Å². The Kier molecular flexibility index (Phi) is 2.41. The second kappa shape index (κ2) is 3.73. The summed E-state index contributed by atoms with van der Waals surface area (Å²) in [6.07, 6.45) is 0. The maximum atomic E-state index is 5.71. The Morgan fingerprint density at radius 3 is 2.73 bits per heavy atom. The van der Waals surface area contributed by atoms with E-state index < -0.39 is 0 Å². The summed E-state index contributed by atoms with van der Waals surface area (Å²) in [6, 6.07) is 7.82. The summed E-state index contributed by atoms with van der Waals surface area (Å²) >= 11 is 0.